The average molecular weight is 552 g/mol. The average Bonchev–Trinajstić information content (AvgIpc) is 3.43. The minimum Gasteiger partial charge on any atom is -0.306 e. The Morgan fingerprint density at radius 2 is 1.36 bits per heavy atom. The van der Waals surface area contributed by atoms with Gasteiger partial charge in [0.05, 0.1) is 28.1 Å². The molecule has 0 unspecified atom stereocenters. The third-order valence-electron chi connectivity index (χ3n) is 8.28. The predicted octanol–water partition coefficient (Wildman–Crippen LogP) is 7.27. The molecule has 6 aromatic rings. The first-order valence-corrected chi connectivity index (χ1v) is 14.6. The lowest BCUT2D eigenvalue weighted by Crippen LogP contribution is -2.36. The summed E-state index contributed by atoms with van der Waals surface area (Å²) in [5, 5.41) is 0. The van der Waals surface area contributed by atoms with Gasteiger partial charge in [0, 0.05) is 43.0 Å². The molecule has 208 valence electrons. The number of aryl methyl sites for hydroxylation is 1. The highest BCUT2D eigenvalue weighted by atomic mass is 16.1. The number of fused-ring (bicyclic) bond motifs is 1. The lowest BCUT2D eigenvalue weighted by molar-refractivity contribution is 0.178. The summed E-state index contributed by atoms with van der Waals surface area (Å²) in [6.07, 6.45) is 3.89. The highest BCUT2D eigenvalue weighted by Crippen LogP contribution is 2.32. The number of benzene rings is 4. The van der Waals surface area contributed by atoms with Crippen LogP contribution in [-0.2, 0) is 6.54 Å². The van der Waals surface area contributed by atoms with Gasteiger partial charge in [0.1, 0.15) is 0 Å². The number of H-pyrrole nitrogens is 1. The molecule has 1 fully saturated rings. The van der Waals surface area contributed by atoms with Crippen LogP contribution in [0, 0.1) is 6.92 Å². The van der Waals surface area contributed by atoms with Gasteiger partial charge in [-0.2, -0.15) is 0 Å². The van der Waals surface area contributed by atoms with E-state index in [0.717, 1.165) is 77.3 Å². The molecule has 0 amide bonds. The highest BCUT2D eigenvalue weighted by Gasteiger charge is 2.23. The molecule has 1 aliphatic rings. The highest BCUT2D eigenvalue weighted by molar-refractivity contribution is 5.86. The molecule has 6 heteroatoms. The second kappa shape index (κ2) is 11.2. The quantitative estimate of drug-likeness (QED) is 0.236. The maximum absolute atomic E-state index is 12.7. The Bertz CT molecular complexity index is 1880. The van der Waals surface area contributed by atoms with Crippen LogP contribution in [0.3, 0.4) is 0 Å². The van der Waals surface area contributed by atoms with Gasteiger partial charge in [-0.3, -0.25) is 9.47 Å². The van der Waals surface area contributed by atoms with Gasteiger partial charge in [-0.15, -0.1) is 0 Å². The Morgan fingerprint density at radius 1 is 0.738 bits per heavy atom. The maximum atomic E-state index is 12.7. The second-order valence-electron chi connectivity index (χ2n) is 11.2. The zero-order chi connectivity index (χ0) is 28.5. The molecule has 0 atom stereocenters. The minimum atomic E-state index is -0.0234. The van der Waals surface area contributed by atoms with Gasteiger partial charge in [-0.05, 0) is 48.6 Å². The maximum Gasteiger partial charge on any atom is 0.326 e. The molecule has 1 saturated heterocycles. The summed E-state index contributed by atoms with van der Waals surface area (Å²) >= 11 is 0. The van der Waals surface area contributed by atoms with Crippen molar-refractivity contribution in [1.82, 2.24) is 24.4 Å². The first kappa shape index (κ1) is 26.1. The molecule has 1 N–H and O–H groups in total. The summed E-state index contributed by atoms with van der Waals surface area (Å²) in [6, 6.07) is 35.5. The Hall–Kier alpha value is -4.81. The predicted molar refractivity (Wildman–Crippen MR) is 169 cm³/mol. The largest absolute Gasteiger partial charge is 0.326 e. The van der Waals surface area contributed by atoms with Crippen LogP contribution in [0.15, 0.2) is 114 Å². The number of likely N-dealkylation sites (tertiary alicyclic amines) is 1. The molecular weight excluding hydrogens is 518 g/mol. The number of aromatic nitrogens is 4. The van der Waals surface area contributed by atoms with E-state index in [4.69, 9.17) is 9.97 Å². The van der Waals surface area contributed by atoms with Crippen LogP contribution in [0.2, 0.25) is 0 Å². The van der Waals surface area contributed by atoms with Gasteiger partial charge in [0.25, 0.3) is 0 Å². The lowest BCUT2D eigenvalue weighted by Gasteiger charge is -2.32. The zero-order valence-electron chi connectivity index (χ0n) is 23.7. The van der Waals surface area contributed by atoms with Gasteiger partial charge in [-0.1, -0.05) is 91.0 Å². The van der Waals surface area contributed by atoms with E-state index in [1.807, 2.05) is 59.3 Å². The molecule has 6 nitrogen and oxygen atoms in total. The van der Waals surface area contributed by atoms with Crippen LogP contribution in [0.1, 0.15) is 30.0 Å². The first-order valence-electron chi connectivity index (χ1n) is 14.6. The smallest absolute Gasteiger partial charge is 0.306 e. The van der Waals surface area contributed by atoms with Crippen LogP contribution in [0.4, 0.5) is 0 Å². The van der Waals surface area contributed by atoms with Crippen molar-refractivity contribution in [2.75, 3.05) is 13.1 Å². The lowest BCUT2D eigenvalue weighted by atomic mass is 10.0. The number of nitrogens with zero attached hydrogens (tertiary/aromatic N) is 4. The Labute approximate surface area is 245 Å². The molecule has 42 heavy (non-hydrogen) atoms. The van der Waals surface area contributed by atoms with Crippen molar-refractivity contribution in [3.63, 3.8) is 0 Å². The molecule has 0 radical (unpaired) electrons. The van der Waals surface area contributed by atoms with Crippen LogP contribution >= 0.6 is 0 Å². The zero-order valence-corrected chi connectivity index (χ0v) is 23.7. The summed E-state index contributed by atoms with van der Waals surface area (Å²) in [5.74, 6) is 0. The van der Waals surface area contributed by atoms with E-state index in [9.17, 15) is 4.79 Å². The fourth-order valence-electron chi connectivity index (χ4n) is 5.99. The SMILES string of the molecule is Cc1ccc2nc(-c3ccc(CN4CCC(n5cc(-c6ccccc6)[nH]c5=O)CC4)cc3)c(-c3ccccc3)nc2c1. The van der Waals surface area contributed by atoms with E-state index in [1.54, 1.807) is 0 Å². The fourth-order valence-corrected chi connectivity index (χ4v) is 5.99. The van der Waals surface area contributed by atoms with Crippen molar-refractivity contribution in [3.05, 3.63) is 131 Å². The fraction of sp³-hybridized carbons (Fsp3) is 0.194. The normalized spacial score (nSPS) is 14.4. The molecule has 3 heterocycles. The monoisotopic (exact) mass is 551 g/mol. The molecule has 7 rings (SSSR count). The number of aromatic amines is 1. The van der Waals surface area contributed by atoms with E-state index in [0.29, 0.717) is 0 Å². The third kappa shape index (κ3) is 5.29. The van der Waals surface area contributed by atoms with Gasteiger partial charge >= 0.3 is 5.69 Å². The van der Waals surface area contributed by atoms with E-state index in [1.165, 1.54) is 11.1 Å². The van der Waals surface area contributed by atoms with Crippen molar-refractivity contribution in [1.29, 1.82) is 0 Å². The second-order valence-corrected chi connectivity index (χ2v) is 11.2. The summed E-state index contributed by atoms with van der Waals surface area (Å²) in [5.41, 5.74) is 10.1. The van der Waals surface area contributed by atoms with E-state index in [2.05, 4.69) is 71.4 Å². The van der Waals surface area contributed by atoms with Crippen molar-refractivity contribution >= 4 is 11.0 Å². The van der Waals surface area contributed by atoms with Gasteiger partial charge in [0.15, 0.2) is 0 Å². The van der Waals surface area contributed by atoms with E-state index in [-0.39, 0.29) is 11.7 Å². The molecule has 0 spiro atoms. The van der Waals surface area contributed by atoms with Gasteiger partial charge in [0.2, 0.25) is 0 Å². The number of hydrogen-bond donors (Lipinski definition) is 1. The topological polar surface area (TPSA) is 66.8 Å². The number of hydrogen-bond acceptors (Lipinski definition) is 4. The minimum absolute atomic E-state index is 0.0234. The van der Waals surface area contributed by atoms with Crippen molar-refractivity contribution in [3.8, 4) is 33.8 Å². The first-order chi connectivity index (χ1) is 20.6. The number of imidazole rings is 1. The Balaban J connectivity index is 1.07. The van der Waals surface area contributed by atoms with Crippen LogP contribution in [0.5, 0.6) is 0 Å². The molecular formula is C36H33N5O. The van der Waals surface area contributed by atoms with Crippen LogP contribution in [-0.4, -0.2) is 37.5 Å². The summed E-state index contributed by atoms with van der Waals surface area (Å²) in [6.45, 7) is 4.88. The van der Waals surface area contributed by atoms with Crippen LogP contribution < -0.4 is 5.69 Å². The summed E-state index contributed by atoms with van der Waals surface area (Å²) < 4.78 is 1.89. The van der Waals surface area contributed by atoms with Crippen molar-refractivity contribution in [2.45, 2.75) is 32.4 Å². The molecule has 0 bridgehead atoms. The molecule has 4 aromatic carbocycles. The van der Waals surface area contributed by atoms with Crippen LogP contribution in [0.25, 0.3) is 44.8 Å². The Kier molecular flexibility index (Phi) is 6.98. The van der Waals surface area contributed by atoms with E-state index < -0.39 is 0 Å². The van der Waals surface area contributed by atoms with Crippen molar-refractivity contribution in [2.24, 2.45) is 0 Å². The van der Waals surface area contributed by atoms with Gasteiger partial charge < -0.3 is 4.98 Å². The standard InChI is InChI=1S/C36H33N5O/c1-25-12-17-31-32(22-25)38-34(28-10-6-3-7-11-28)35(37-31)29-15-13-26(14-16-29)23-40-20-18-30(19-21-40)41-24-33(39-36(41)42)27-8-4-2-5-9-27/h2-17,22,24,30H,18-21,23H2,1H3,(H,39,42). The number of rotatable bonds is 6. The van der Waals surface area contributed by atoms with Gasteiger partial charge in [-0.25, -0.2) is 14.8 Å². The Morgan fingerprint density at radius 3 is 2.05 bits per heavy atom. The summed E-state index contributed by atoms with van der Waals surface area (Å²) in [4.78, 5) is 28.4. The third-order valence-corrected chi connectivity index (χ3v) is 8.28. The molecule has 0 saturated carbocycles. The number of nitrogens with one attached hydrogen (secondary N) is 1. The molecule has 2 aromatic heterocycles. The number of piperidine rings is 1. The van der Waals surface area contributed by atoms with E-state index >= 15 is 0 Å². The summed E-state index contributed by atoms with van der Waals surface area (Å²) in [7, 11) is 0. The molecule has 1 aliphatic heterocycles. The van der Waals surface area contributed by atoms with Crippen molar-refractivity contribution < 1.29 is 0 Å². The molecule has 0 aliphatic carbocycles.